The first-order valence-corrected chi connectivity index (χ1v) is 12.9. The van der Waals surface area contributed by atoms with Crippen LogP contribution in [0.5, 0.6) is 5.75 Å². The van der Waals surface area contributed by atoms with Crippen molar-refractivity contribution in [1.82, 2.24) is 4.31 Å². The summed E-state index contributed by atoms with van der Waals surface area (Å²) in [6.07, 6.45) is 8.41. The molecule has 1 fully saturated rings. The van der Waals surface area contributed by atoms with E-state index in [-0.39, 0.29) is 10.8 Å². The third-order valence-corrected chi connectivity index (χ3v) is 8.98. The van der Waals surface area contributed by atoms with Crippen molar-refractivity contribution in [1.29, 1.82) is 0 Å². The second-order valence-electron chi connectivity index (χ2n) is 7.90. The number of hydrogen-bond acceptors (Lipinski definition) is 5. The van der Waals surface area contributed by atoms with Crippen molar-refractivity contribution in [3.05, 3.63) is 39.6 Å². The Bertz CT molecular complexity index is 1000. The van der Waals surface area contributed by atoms with Gasteiger partial charge in [0.15, 0.2) is 0 Å². The Morgan fingerprint density at radius 2 is 1.77 bits per heavy atom. The molecule has 1 saturated heterocycles. The number of nitrogens with one attached hydrogen (secondary N) is 1. The minimum absolute atomic E-state index is 0.103. The standard InChI is InChI=1S/C22H28N2O4S2/c1-28-18-11-10-17(15-21(18)30(26,27)24-12-6-3-7-13-24)23-22(25)20-14-16-8-4-2-5-9-19(16)29-20/h10-11,14-15H,2-9,12-13H2,1H3,(H,23,25). The number of thiophene rings is 1. The second kappa shape index (κ2) is 9.08. The number of carbonyl (C=O) groups excluding carboxylic acids is 1. The molecule has 8 heteroatoms. The number of sulfonamides is 1. The van der Waals surface area contributed by atoms with Crippen molar-refractivity contribution >= 4 is 33.0 Å². The zero-order valence-electron chi connectivity index (χ0n) is 17.3. The number of piperidine rings is 1. The fraction of sp³-hybridized carbons (Fsp3) is 0.500. The lowest BCUT2D eigenvalue weighted by Crippen LogP contribution is -2.35. The van der Waals surface area contributed by atoms with Crippen LogP contribution in [0.2, 0.25) is 0 Å². The first-order chi connectivity index (χ1) is 14.5. The van der Waals surface area contributed by atoms with Crippen LogP contribution in [0.1, 0.15) is 58.6 Å². The predicted octanol–water partition coefficient (Wildman–Crippen LogP) is 4.45. The third-order valence-electron chi connectivity index (χ3n) is 5.82. The van der Waals surface area contributed by atoms with Gasteiger partial charge in [0, 0.05) is 23.7 Å². The van der Waals surface area contributed by atoms with Crippen LogP contribution in [0.25, 0.3) is 0 Å². The second-order valence-corrected chi connectivity index (χ2v) is 10.9. The van der Waals surface area contributed by atoms with E-state index in [4.69, 9.17) is 4.74 Å². The highest BCUT2D eigenvalue weighted by molar-refractivity contribution is 7.89. The number of anilines is 1. The third kappa shape index (κ3) is 4.40. The first kappa shape index (κ1) is 21.3. The minimum atomic E-state index is -3.67. The summed E-state index contributed by atoms with van der Waals surface area (Å²) in [5, 5.41) is 2.88. The molecule has 162 valence electrons. The summed E-state index contributed by atoms with van der Waals surface area (Å²) >= 11 is 1.55. The molecule has 6 nitrogen and oxygen atoms in total. The Kier molecular flexibility index (Phi) is 6.46. The number of fused-ring (bicyclic) bond motifs is 1. The zero-order chi connectivity index (χ0) is 21.1. The van der Waals surface area contributed by atoms with Gasteiger partial charge in [-0.3, -0.25) is 4.79 Å². The molecular weight excluding hydrogens is 420 g/mol. The average Bonchev–Trinajstić information content (AvgIpc) is 3.05. The van der Waals surface area contributed by atoms with Gasteiger partial charge in [-0.1, -0.05) is 12.8 Å². The summed E-state index contributed by atoms with van der Waals surface area (Å²) < 4.78 is 33.2. The Balaban J connectivity index is 1.58. The van der Waals surface area contributed by atoms with Crippen LogP contribution < -0.4 is 10.1 Å². The number of hydrogen-bond donors (Lipinski definition) is 1. The van der Waals surface area contributed by atoms with E-state index in [1.54, 1.807) is 23.5 Å². The van der Waals surface area contributed by atoms with E-state index in [1.807, 2.05) is 6.07 Å². The Morgan fingerprint density at radius 1 is 1.03 bits per heavy atom. The Hall–Kier alpha value is -1.90. The molecule has 1 aliphatic carbocycles. The fourth-order valence-electron chi connectivity index (χ4n) is 4.17. The molecular formula is C22H28N2O4S2. The van der Waals surface area contributed by atoms with Gasteiger partial charge in [-0.25, -0.2) is 8.42 Å². The van der Waals surface area contributed by atoms with Crippen LogP contribution in [0.3, 0.4) is 0 Å². The topological polar surface area (TPSA) is 75.7 Å². The summed E-state index contributed by atoms with van der Waals surface area (Å²) in [6, 6.07) is 6.80. The predicted molar refractivity (Wildman–Crippen MR) is 119 cm³/mol. The molecule has 4 rings (SSSR count). The molecule has 0 radical (unpaired) electrons. The van der Waals surface area contributed by atoms with E-state index >= 15 is 0 Å². The summed E-state index contributed by atoms with van der Waals surface area (Å²) in [7, 11) is -2.21. The van der Waals surface area contributed by atoms with Crippen molar-refractivity contribution in [3.8, 4) is 5.75 Å². The molecule has 0 spiro atoms. The van der Waals surface area contributed by atoms with Crippen LogP contribution in [0, 0.1) is 0 Å². The van der Waals surface area contributed by atoms with Gasteiger partial charge in [-0.2, -0.15) is 4.31 Å². The summed E-state index contributed by atoms with van der Waals surface area (Å²) in [4.78, 5) is 14.9. The van der Waals surface area contributed by atoms with E-state index in [1.165, 1.54) is 47.2 Å². The van der Waals surface area contributed by atoms with E-state index < -0.39 is 10.0 Å². The summed E-state index contributed by atoms with van der Waals surface area (Å²) in [6.45, 7) is 1.03. The van der Waals surface area contributed by atoms with E-state index in [9.17, 15) is 13.2 Å². The molecule has 0 unspecified atom stereocenters. The van der Waals surface area contributed by atoms with Crippen molar-refractivity contribution in [2.75, 3.05) is 25.5 Å². The van der Waals surface area contributed by atoms with Crippen molar-refractivity contribution in [2.45, 2.75) is 56.3 Å². The smallest absolute Gasteiger partial charge is 0.265 e. The van der Waals surface area contributed by atoms with Gasteiger partial charge in [0.2, 0.25) is 10.0 Å². The SMILES string of the molecule is COc1ccc(NC(=O)c2cc3c(s2)CCCCC3)cc1S(=O)(=O)N1CCCCC1. The lowest BCUT2D eigenvalue weighted by molar-refractivity contribution is 0.103. The van der Waals surface area contributed by atoms with E-state index in [2.05, 4.69) is 5.32 Å². The quantitative estimate of drug-likeness (QED) is 0.686. The van der Waals surface area contributed by atoms with Gasteiger partial charge >= 0.3 is 0 Å². The maximum Gasteiger partial charge on any atom is 0.265 e. The highest BCUT2D eigenvalue weighted by atomic mass is 32.2. The average molecular weight is 449 g/mol. The first-order valence-electron chi connectivity index (χ1n) is 10.6. The highest BCUT2D eigenvalue weighted by Gasteiger charge is 2.29. The van der Waals surface area contributed by atoms with E-state index in [0.29, 0.717) is 29.4 Å². The zero-order valence-corrected chi connectivity index (χ0v) is 18.9. The molecule has 1 aromatic carbocycles. The molecule has 2 heterocycles. The van der Waals surface area contributed by atoms with Gasteiger partial charge in [0.1, 0.15) is 10.6 Å². The molecule has 0 saturated carbocycles. The maximum absolute atomic E-state index is 13.2. The highest BCUT2D eigenvalue weighted by Crippen LogP contribution is 2.33. The Morgan fingerprint density at radius 3 is 2.53 bits per heavy atom. The van der Waals surface area contributed by atoms with Crippen LogP contribution in [0.4, 0.5) is 5.69 Å². The number of benzene rings is 1. The van der Waals surface area contributed by atoms with Crippen LogP contribution in [0.15, 0.2) is 29.2 Å². The molecule has 1 amide bonds. The van der Waals surface area contributed by atoms with Gasteiger partial charge in [0.05, 0.1) is 12.0 Å². The molecule has 1 aliphatic heterocycles. The number of carbonyl (C=O) groups is 1. The van der Waals surface area contributed by atoms with Crippen LogP contribution in [-0.2, 0) is 22.9 Å². The summed E-state index contributed by atoms with van der Waals surface area (Å²) in [5.41, 5.74) is 1.74. The fourth-order valence-corrected chi connectivity index (χ4v) is 7.02. The van der Waals surface area contributed by atoms with Gasteiger partial charge in [0.25, 0.3) is 5.91 Å². The van der Waals surface area contributed by atoms with Crippen molar-refractivity contribution in [3.63, 3.8) is 0 Å². The molecule has 30 heavy (non-hydrogen) atoms. The number of nitrogens with zero attached hydrogens (tertiary/aromatic N) is 1. The maximum atomic E-state index is 13.2. The number of amides is 1. The largest absolute Gasteiger partial charge is 0.495 e. The number of aryl methyl sites for hydroxylation is 2. The molecule has 0 bridgehead atoms. The van der Waals surface area contributed by atoms with Crippen LogP contribution >= 0.6 is 11.3 Å². The van der Waals surface area contributed by atoms with E-state index in [0.717, 1.165) is 32.1 Å². The molecule has 2 aromatic rings. The van der Waals surface area contributed by atoms with Gasteiger partial charge in [-0.05, 0) is 68.4 Å². The monoisotopic (exact) mass is 448 g/mol. The lowest BCUT2D eigenvalue weighted by Gasteiger charge is -2.26. The molecule has 0 atom stereocenters. The van der Waals surface area contributed by atoms with Crippen molar-refractivity contribution < 1.29 is 17.9 Å². The lowest BCUT2D eigenvalue weighted by atomic mass is 10.1. The molecule has 1 N–H and O–H groups in total. The van der Waals surface area contributed by atoms with Crippen LogP contribution in [-0.4, -0.2) is 38.8 Å². The summed E-state index contributed by atoms with van der Waals surface area (Å²) in [5.74, 6) is 0.0981. The molecule has 1 aromatic heterocycles. The number of rotatable bonds is 5. The molecule has 2 aliphatic rings. The number of ether oxygens (including phenoxy) is 1. The van der Waals surface area contributed by atoms with Gasteiger partial charge < -0.3 is 10.1 Å². The Labute approximate surface area is 182 Å². The minimum Gasteiger partial charge on any atom is -0.495 e. The van der Waals surface area contributed by atoms with Gasteiger partial charge in [-0.15, -0.1) is 11.3 Å². The number of methoxy groups -OCH3 is 1. The van der Waals surface area contributed by atoms with Crippen molar-refractivity contribution in [2.24, 2.45) is 0 Å². The normalized spacial score (nSPS) is 17.8.